The van der Waals surface area contributed by atoms with E-state index in [1.165, 1.54) is 29.4 Å². The minimum atomic E-state index is -0.871. The van der Waals surface area contributed by atoms with E-state index in [4.69, 9.17) is 0 Å². The lowest BCUT2D eigenvalue weighted by molar-refractivity contribution is -0.136. The van der Waals surface area contributed by atoms with Crippen LogP contribution in [0.15, 0.2) is 42.5 Å². The molecule has 1 atom stereocenters. The highest BCUT2D eigenvalue weighted by molar-refractivity contribution is 6.39. The summed E-state index contributed by atoms with van der Waals surface area (Å²) >= 11 is 0. The van der Waals surface area contributed by atoms with Crippen molar-refractivity contribution in [3.8, 4) is 0 Å². The van der Waals surface area contributed by atoms with E-state index >= 15 is 0 Å². The van der Waals surface area contributed by atoms with Crippen molar-refractivity contribution in [1.29, 1.82) is 0 Å². The molecule has 0 unspecified atom stereocenters. The lowest BCUT2D eigenvalue weighted by atomic mass is 9.95. The Hall–Kier alpha value is -2.97. The average molecular weight is 454 g/mol. The molecule has 1 fully saturated rings. The summed E-state index contributed by atoms with van der Waals surface area (Å²) in [5.74, 6) is -2.22. The van der Waals surface area contributed by atoms with Gasteiger partial charge in [-0.05, 0) is 49.2 Å². The molecule has 1 saturated heterocycles. The van der Waals surface area contributed by atoms with Crippen LogP contribution in [-0.2, 0) is 16.0 Å². The quantitative estimate of drug-likeness (QED) is 0.680. The molecule has 0 spiro atoms. The Labute approximate surface area is 194 Å². The molecule has 2 aliphatic heterocycles. The standard InChI is InChI=1S/C25H32FN5O2/c1-29-12-14-31(15-13-29)23(19-9-10-22-18(16-19)6-5-11-30(22)2)17-27-24(32)25(33)28-21-8-4-3-7-20(21)26/h3-4,7-10,16,23H,5-6,11-15,17H2,1-2H3,(H,27,32)(H,28,33)/t23-/m0/s1. The first-order valence-electron chi connectivity index (χ1n) is 11.5. The van der Waals surface area contributed by atoms with E-state index in [9.17, 15) is 14.0 Å². The number of nitrogens with one attached hydrogen (secondary N) is 2. The van der Waals surface area contributed by atoms with Gasteiger partial charge in [-0.25, -0.2) is 4.39 Å². The second-order valence-corrected chi connectivity index (χ2v) is 8.91. The highest BCUT2D eigenvalue weighted by Gasteiger charge is 2.27. The summed E-state index contributed by atoms with van der Waals surface area (Å²) in [5, 5.41) is 5.13. The first-order valence-corrected chi connectivity index (χ1v) is 11.5. The molecule has 2 N–H and O–H groups in total. The lowest BCUT2D eigenvalue weighted by Gasteiger charge is -2.39. The van der Waals surface area contributed by atoms with Crippen molar-refractivity contribution >= 4 is 23.2 Å². The van der Waals surface area contributed by atoms with Crippen molar-refractivity contribution in [3.05, 3.63) is 59.4 Å². The first kappa shape index (κ1) is 23.2. The van der Waals surface area contributed by atoms with Crippen molar-refractivity contribution in [2.45, 2.75) is 18.9 Å². The van der Waals surface area contributed by atoms with Crippen molar-refractivity contribution < 1.29 is 14.0 Å². The number of aryl methyl sites for hydroxylation is 1. The molecule has 4 rings (SSSR count). The third-order valence-corrected chi connectivity index (χ3v) is 6.60. The number of para-hydroxylation sites is 1. The van der Waals surface area contributed by atoms with Gasteiger partial charge < -0.3 is 20.4 Å². The zero-order chi connectivity index (χ0) is 23.4. The van der Waals surface area contributed by atoms with Gasteiger partial charge in [0.15, 0.2) is 0 Å². The third kappa shape index (κ3) is 5.51. The number of piperazine rings is 1. The largest absolute Gasteiger partial charge is 0.374 e. The maximum Gasteiger partial charge on any atom is 0.313 e. The average Bonchev–Trinajstić information content (AvgIpc) is 2.81. The summed E-state index contributed by atoms with van der Waals surface area (Å²) in [7, 11) is 4.22. The fourth-order valence-electron chi connectivity index (χ4n) is 4.62. The van der Waals surface area contributed by atoms with Crippen LogP contribution >= 0.6 is 0 Å². The molecule has 0 saturated carbocycles. The number of nitrogens with zero attached hydrogens (tertiary/aromatic N) is 3. The van der Waals surface area contributed by atoms with Crippen LogP contribution in [0, 0.1) is 5.82 Å². The number of benzene rings is 2. The second-order valence-electron chi connectivity index (χ2n) is 8.91. The summed E-state index contributed by atoms with van der Waals surface area (Å²) in [6.45, 7) is 5.03. The zero-order valence-corrected chi connectivity index (χ0v) is 19.3. The zero-order valence-electron chi connectivity index (χ0n) is 19.3. The summed E-state index contributed by atoms with van der Waals surface area (Å²) in [5.41, 5.74) is 3.72. The third-order valence-electron chi connectivity index (χ3n) is 6.60. The summed E-state index contributed by atoms with van der Waals surface area (Å²) in [4.78, 5) is 31.8. The van der Waals surface area contributed by atoms with Crippen LogP contribution in [0.25, 0.3) is 0 Å². The SMILES string of the molecule is CN1CCN([C@@H](CNC(=O)C(=O)Nc2ccccc2F)c2ccc3c(c2)CCCN3C)CC1. The monoisotopic (exact) mass is 453 g/mol. The Bertz CT molecular complexity index is 1010. The van der Waals surface area contributed by atoms with Crippen LogP contribution in [0.3, 0.4) is 0 Å². The van der Waals surface area contributed by atoms with E-state index in [2.05, 4.69) is 57.6 Å². The lowest BCUT2D eigenvalue weighted by Crippen LogP contribution is -2.49. The van der Waals surface area contributed by atoms with Crippen LogP contribution in [0.2, 0.25) is 0 Å². The van der Waals surface area contributed by atoms with E-state index < -0.39 is 17.6 Å². The molecule has 8 heteroatoms. The Morgan fingerprint density at radius 3 is 2.52 bits per heavy atom. The van der Waals surface area contributed by atoms with E-state index in [0.29, 0.717) is 6.54 Å². The van der Waals surface area contributed by atoms with Crippen LogP contribution in [0.1, 0.15) is 23.6 Å². The number of anilines is 2. The Kier molecular flexibility index (Phi) is 7.25. The van der Waals surface area contributed by atoms with Gasteiger partial charge in [0.1, 0.15) is 5.82 Å². The van der Waals surface area contributed by atoms with Gasteiger partial charge in [-0.3, -0.25) is 14.5 Å². The molecule has 2 amide bonds. The number of carbonyl (C=O) groups is 2. The number of hydrogen-bond donors (Lipinski definition) is 2. The summed E-state index contributed by atoms with van der Waals surface area (Å²) < 4.78 is 13.8. The van der Waals surface area contributed by atoms with Crippen molar-refractivity contribution in [2.75, 3.05) is 63.6 Å². The number of hydrogen-bond acceptors (Lipinski definition) is 5. The molecule has 2 aromatic carbocycles. The predicted molar refractivity (Wildman–Crippen MR) is 128 cm³/mol. The first-order chi connectivity index (χ1) is 15.9. The van der Waals surface area contributed by atoms with Gasteiger partial charge in [0.2, 0.25) is 0 Å². The smallest absolute Gasteiger partial charge is 0.313 e. The Morgan fingerprint density at radius 1 is 1.00 bits per heavy atom. The van der Waals surface area contributed by atoms with Gasteiger partial charge in [0.05, 0.1) is 11.7 Å². The highest BCUT2D eigenvalue weighted by atomic mass is 19.1. The Morgan fingerprint density at radius 2 is 1.76 bits per heavy atom. The van der Waals surface area contributed by atoms with E-state index in [1.54, 1.807) is 6.07 Å². The van der Waals surface area contributed by atoms with E-state index in [-0.39, 0.29) is 11.7 Å². The molecule has 2 aromatic rings. The topological polar surface area (TPSA) is 67.9 Å². The van der Waals surface area contributed by atoms with E-state index in [0.717, 1.165) is 51.1 Å². The van der Waals surface area contributed by atoms with Crippen LogP contribution < -0.4 is 15.5 Å². The molecule has 0 aliphatic carbocycles. The van der Waals surface area contributed by atoms with Crippen molar-refractivity contribution in [1.82, 2.24) is 15.1 Å². The fraction of sp³-hybridized carbons (Fsp3) is 0.440. The fourth-order valence-corrected chi connectivity index (χ4v) is 4.62. The van der Waals surface area contributed by atoms with Gasteiger partial charge >= 0.3 is 11.8 Å². The van der Waals surface area contributed by atoms with Gasteiger partial charge in [0.25, 0.3) is 0 Å². The van der Waals surface area contributed by atoms with Crippen LogP contribution in [0.5, 0.6) is 0 Å². The number of rotatable bonds is 5. The molecule has 176 valence electrons. The summed E-state index contributed by atoms with van der Waals surface area (Å²) in [6.07, 6.45) is 2.17. The maximum absolute atomic E-state index is 13.8. The van der Waals surface area contributed by atoms with Crippen molar-refractivity contribution in [3.63, 3.8) is 0 Å². The second kappa shape index (κ2) is 10.3. The van der Waals surface area contributed by atoms with Gasteiger partial charge in [-0.1, -0.05) is 24.3 Å². The summed E-state index contributed by atoms with van der Waals surface area (Å²) in [6, 6.07) is 12.3. The molecular formula is C25H32FN5O2. The molecule has 7 nitrogen and oxygen atoms in total. The predicted octanol–water partition coefficient (Wildman–Crippen LogP) is 2.25. The molecule has 2 aliphatic rings. The van der Waals surface area contributed by atoms with Crippen LogP contribution in [-0.4, -0.2) is 75.0 Å². The molecule has 0 radical (unpaired) electrons. The minimum absolute atomic E-state index is 0.00734. The molecule has 33 heavy (non-hydrogen) atoms. The van der Waals surface area contributed by atoms with Gasteiger partial charge in [-0.15, -0.1) is 0 Å². The van der Waals surface area contributed by atoms with Gasteiger partial charge in [-0.2, -0.15) is 0 Å². The molecular weight excluding hydrogens is 421 g/mol. The van der Waals surface area contributed by atoms with E-state index in [1.807, 2.05) is 0 Å². The maximum atomic E-state index is 13.8. The Balaban J connectivity index is 1.48. The highest BCUT2D eigenvalue weighted by Crippen LogP contribution is 2.31. The molecule has 2 heterocycles. The number of carbonyl (C=O) groups excluding carboxylic acids is 2. The number of amides is 2. The minimum Gasteiger partial charge on any atom is -0.374 e. The van der Waals surface area contributed by atoms with Gasteiger partial charge in [0, 0.05) is 52.0 Å². The number of likely N-dealkylation sites (N-methyl/N-ethyl adjacent to an activating group) is 1. The van der Waals surface area contributed by atoms with Crippen LogP contribution in [0.4, 0.5) is 15.8 Å². The molecule has 0 bridgehead atoms. The number of halogens is 1. The normalized spacial score (nSPS) is 17.8. The molecule has 0 aromatic heterocycles. The number of fused-ring (bicyclic) bond motifs is 1. The van der Waals surface area contributed by atoms with Crippen molar-refractivity contribution in [2.24, 2.45) is 0 Å².